The van der Waals surface area contributed by atoms with E-state index in [9.17, 15) is 0 Å². The van der Waals surface area contributed by atoms with Crippen molar-refractivity contribution >= 4 is 78.8 Å². The Hall–Kier alpha value is -6.69. The summed E-state index contributed by atoms with van der Waals surface area (Å²) in [5, 5.41) is 1.04. The second-order valence-corrected chi connectivity index (χ2v) is 24.8. The molecule has 9 aromatic rings. The van der Waals surface area contributed by atoms with Gasteiger partial charge in [0, 0.05) is 45.1 Å². The average molecular weight is 930 g/mol. The Morgan fingerprint density at radius 1 is 0.400 bits per heavy atom. The summed E-state index contributed by atoms with van der Waals surface area (Å²) in [6.45, 7) is 27.8. The first-order chi connectivity index (χ1) is 33.2. The number of para-hydroxylation sites is 1. The van der Waals surface area contributed by atoms with Crippen molar-refractivity contribution in [3.63, 3.8) is 0 Å². The van der Waals surface area contributed by atoms with Gasteiger partial charge in [0.1, 0.15) is 5.01 Å². The number of aromatic nitrogens is 1. The Labute approximate surface area is 421 Å². The van der Waals surface area contributed by atoms with Gasteiger partial charge in [0.05, 0.1) is 15.9 Å². The fraction of sp³-hybridized carbons (Fsp3) is 0.246. The van der Waals surface area contributed by atoms with Crippen LogP contribution in [0.25, 0.3) is 43.0 Å². The van der Waals surface area contributed by atoms with Crippen LogP contribution in [0.2, 0.25) is 0 Å². The Morgan fingerprint density at radius 3 is 1.44 bits per heavy atom. The van der Waals surface area contributed by atoms with Gasteiger partial charge in [-0.2, -0.15) is 0 Å². The summed E-state index contributed by atoms with van der Waals surface area (Å²) >= 11 is 1.80. The first-order valence-electron chi connectivity index (χ1n) is 25.1. The van der Waals surface area contributed by atoms with E-state index in [-0.39, 0.29) is 28.4 Å². The second-order valence-electron chi connectivity index (χ2n) is 23.8. The molecule has 0 aliphatic carbocycles. The van der Waals surface area contributed by atoms with Crippen molar-refractivity contribution in [1.29, 1.82) is 0 Å². The lowest BCUT2D eigenvalue weighted by Gasteiger charge is -2.46. The number of rotatable bonds is 5. The maximum Gasteiger partial charge on any atom is 0.252 e. The molecule has 2 aliphatic heterocycles. The fourth-order valence-corrected chi connectivity index (χ4v) is 11.7. The van der Waals surface area contributed by atoms with E-state index in [4.69, 9.17) is 4.98 Å². The van der Waals surface area contributed by atoms with Crippen LogP contribution in [0.5, 0.6) is 0 Å². The Kier molecular flexibility index (Phi) is 10.8. The number of anilines is 6. The summed E-state index contributed by atoms with van der Waals surface area (Å²) in [7, 11) is 0. The van der Waals surface area contributed by atoms with Crippen LogP contribution >= 0.6 is 11.3 Å². The molecule has 0 unspecified atom stereocenters. The topological polar surface area (TPSA) is 19.4 Å². The molecule has 70 heavy (non-hydrogen) atoms. The van der Waals surface area contributed by atoms with Gasteiger partial charge in [0.15, 0.2) is 0 Å². The van der Waals surface area contributed by atoms with Crippen LogP contribution in [0.3, 0.4) is 0 Å². The second kappa shape index (κ2) is 16.5. The zero-order valence-electron chi connectivity index (χ0n) is 43.0. The average Bonchev–Trinajstić information content (AvgIpc) is 3.75. The SMILES string of the molecule is CC(C)(C)c1ccc(-c2nc3cc4c(cc3s2)B2c3cc(C(C)(C)C)ccc3N(c3ccc(C(C)(C)C)cc3)c3cc(C(C)(C)C)cc(c32)N4c2c(-c3ccccc3)cccc2-c2ccccc2)cc1. The van der Waals surface area contributed by atoms with Crippen LogP contribution in [-0.2, 0) is 21.7 Å². The predicted octanol–water partition coefficient (Wildman–Crippen LogP) is 16.6. The van der Waals surface area contributed by atoms with Crippen LogP contribution in [0, 0.1) is 0 Å². The highest BCUT2D eigenvalue weighted by molar-refractivity contribution is 7.21. The molecule has 0 spiro atoms. The standard InChI is InChI=1S/C65H64BN3S/c1-62(2,3)44-28-26-43(27-29-44)61-67-53-40-55-52(39-58(53)70-61)66-51-36-46(64(7,8)9)32-35-54(51)68(48-33-30-45(31-34-48)63(4,5)6)56-37-47(65(10,11)12)38-57(59(56)66)69(55)60-49(41-20-15-13-16-21-41)24-19-25-50(60)42-22-17-14-18-23-42/h13-40H,1-12H3. The quantitative estimate of drug-likeness (QED) is 0.160. The van der Waals surface area contributed by atoms with Crippen molar-refractivity contribution in [3.05, 3.63) is 192 Å². The maximum absolute atomic E-state index is 5.52. The van der Waals surface area contributed by atoms with E-state index in [0.29, 0.717) is 0 Å². The zero-order chi connectivity index (χ0) is 49.1. The number of nitrogens with zero attached hydrogens (tertiary/aromatic N) is 3. The molecule has 0 radical (unpaired) electrons. The molecule has 8 aromatic carbocycles. The largest absolute Gasteiger partial charge is 0.311 e. The van der Waals surface area contributed by atoms with Crippen molar-refractivity contribution in [2.45, 2.75) is 105 Å². The summed E-state index contributed by atoms with van der Waals surface area (Å²) in [5.41, 5.74) is 23.1. The van der Waals surface area contributed by atoms with E-state index in [1.807, 2.05) is 0 Å². The molecule has 0 bridgehead atoms. The molecule has 5 heteroatoms. The Morgan fingerprint density at radius 2 is 0.900 bits per heavy atom. The number of benzene rings is 8. The third-order valence-electron chi connectivity index (χ3n) is 14.7. The van der Waals surface area contributed by atoms with Gasteiger partial charge in [-0.25, -0.2) is 4.98 Å². The molecule has 2 aliphatic rings. The van der Waals surface area contributed by atoms with E-state index in [1.54, 1.807) is 11.3 Å². The predicted molar refractivity (Wildman–Crippen MR) is 305 cm³/mol. The Balaban J connectivity index is 1.28. The minimum Gasteiger partial charge on any atom is -0.311 e. The zero-order valence-corrected chi connectivity index (χ0v) is 43.8. The highest BCUT2D eigenvalue weighted by Crippen LogP contribution is 2.52. The normalized spacial score (nSPS) is 13.6. The number of hydrogen-bond acceptors (Lipinski definition) is 4. The number of fused-ring (bicyclic) bond motifs is 5. The lowest BCUT2D eigenvalue weighted by atomic mass is 9.33. The molecule has 0 N–H and O–H groups in total. The summed E-state index contributed by atoms with van der Waals surface area (Å²) < 4.78 is 1.19. The molecule has 11 rings (SSSR count). The summed E-state index contributed by atoms with van der Waals surface area (Å²) in [5.74, 6) is 0. The van der Waals surface area contributed by atoms with Crippen molar-refractivity contribution in [2.75, 3.05) is 9.80 Å². The van der Waals surface area contributed by atoms with Crippen LogP contribution < -0.4 is 26.2 Å². The van der Waals surface area contributed by atoms with Gasteiger partial charge < -0.3 is 9.80 Å². The first-order valence-corrected chi connectivity index (χ1v) is 25.9. The van der Waals surface area contributed by atoms with E-state index in [1.165, 1.54) is 82.7 Å². The van der Waals surface area contributed by atoms with Crippen LogP contribution in [-0.4, -0.2) is 11.7 Å². The van der Waals surface area contributed by atoms with Crippen molar-refractivity contribution in [1.82, 2.24) is 4.98 Å². The van der Waals surface area contributed by atoms with Crippen LogP contribution in [0.1, 0.15) is 105 Å². The molecule has 0 saturated heterocycles. The molecule has 0 amide bonds. The third-order valence-corrected chi connectivity index (χ3v) is 15.8. The van der Waals surface area contributed by atoms with Gasteiger partial charge in [-0.05, 0) is 114 Å². The van der Waals surface area contributed by atoms with Gasteiger partial charge in [-0.1, -0.05) is 210 Å². The van der Waals surface area contributed by atoms with E-state index >= 15 is 0 Å². The first kappa shape index (κ1) is 45.7. The Bertz CT molecular complexity index is 3390. The van der Waals surface area contributed by atoms with Crippen molar-refractivity contribution < 1.29 is 0 Å². The number of thiazole rings is 1. The molecule has 0 atom stereocenters. The smallest absolute Gasteiger partial charge is 0.252 e. The minimum atomic E-state index is -0.164. The van der Waals surface area contributed by atoms with Gasteiger partial charge in [0.2, 0.25) is 0 Å². The monoisotopic (exact) mass is 929 g/mol. The van der Waals surface area contributed by atoms with Gasteiger partial charge in [-0.15, -0.1) is 11.3 Å². The molecule has 0 saturated carbocycles. The van der Waals surface area contributed by atoms with Crippen molar-refractivity contribution in [3.8, 4) is 32.8 Å². The molecule has 1 aromatic heterocycles. The highest BCUT2D eigenvalue weighted by Gasteiger charge is 2.46. The third kappa shape index (κ3) is 7.87. The molecular weight excluding hydrogens is 866 g/mol. The number of hydrogen-bond donors (Lipinski definition) is 0. The molecule has 0 fully saturated rings. The highest BCUT2D eigenvalue weighted by atomic mass is 32.1. The molecular formula is C65H64BN3S. The van der Waals surface area contributed by atoms with Crippen LogP contribution in [0.15, 0.2) is 170 Å². The van der Waals surface area contributed by atoms with Gasteiger partial charge in [-0.3, -0.25) is 0 Å². The van der Waals surface area contributed by atoms with E-state index < -0.39 is 0 Å². The molecule has 3 nitrogen and oxygen atoms in total. The summed E-state index contributed by atoms with van der Waals surface area (Å²) in [6.07, 6.45) is 0. The summed E-state index contributed by atoms with van der Waals surface area (Å²) in [4.78, 5) is 10.7. The lowest BCUT2D eigenvalue weighted by molar-refractivity contribution is 0.589. The summed E-state index contributed by atoms with van der Waals surface area (Å²) in [6, 6.07) is 64.5. The van der Waals surface area contributed by atoms with E-state index in [0.717, 1.165) is 33.1 Å². The van der Waals surface area contributed by atoms with Crippen LogP contribution in [0.4, 0.5) is 34.1 Å². The molecule has 3 heterocycles. The fourth-order valence-electron chi connectivity index (χ4n) is 10.7. The molecule has 348 valence electrons. The van der Waals surface area contributed by atoms with Crippen molar-refractivity contribution in [2.24, 2.45) is 0 Å². The lowest BCUT2D eigenvalue weighted by Crippen LogP contribution is -2.61. The minimum absolute atomic E-state index is 0.0287. The van der Waals surface area contributed by atoms with Gasteiger partial charge >= 0.3 is 0 Å². The maximum atomic E-state index is 5.52. The van der Waals surface area contributed by atoms with Gasteiger partial charge in [0.25, 0.3) is 6.71 Å². The van der Waals surface area contributed by atoms with E-state index in [2.05, 4.69) is 263 Å².